The molecule has 0 rings (SSSR count). The molecule has 0 spiro atoms. The summed E-state index contributed by atoms with van der Waals surface area (Å²) in [5.41, 5.74) is 0. The highest BCUT2D eigenvalue weighted by Crippen LogP contribution is 2.16. The first-order chi connectivity index (χ1) is 28.2. The highest BCUT2D eigenvalue weighted by molar-refractivity contribution is 5.69. The maximum Gasteiger partial charge on any atom is 0.306 e. The van der Waals surface area contributed by atoms with E-state index in [4.69, 9.17) is 9.47 Å². The van der Waals surface area contributed by atoms with Gasteiger partial charge >= 0.3 is 5.97 Å². The SMILES string of the molecule is CC/C=C\C/C=C\C/C=C\C/C=C\C/C=C\CCCCCC(=O)OC(CO)COCCCCCCCCCCCCCCCCCCCCCCCCCCCC. The van der Waals surface area contributed by atoms with Gasteiger partial charge < -0.3 is 14.6 Å². The fourth-order valence-corrected chi connectivity index (χ4v) is 7.18. The summed E-state index contributed by atoms with van der Waals surface area (Å²) in [6, 6.07) is 0. The number of esters is 1. The van der Waals surface area contributed by atoms with E-state index in [0.29, 0.717) is 13.0 Å². The summed E-state index contributed by atoms with van der Waals surface area (Å²) in [5.74, 6) is -0.229. The molecule has 0 saturated carbocycles. The van der Waals surface area contributed by atoms with Crippen molar-refractivity contribution in [3.8, 4) is 0 Å². The zero-order valence-electron chi connectivity index (χ0n) is 38.1. The summed E-state index contributed by atoms with van der Waals surface area (Å²) in [5, 5.41) is 9.63. The standard InChI is InChI=1S/C53H96O4/c1-3-5-7-9-11-13-15-17-19-21-23-24-25-26-27-28-29-31-33-35-37-39-41-43-45-47-49-56-51-52(50-54)57-53(55)48-46-44-42-40-38-36-34-32-30-22-20-18-16-14-12-10-8-6-4-2/h6,8,12,14,18,20,30,32,36,38,52,54H,3-5,7,9-11,13,15-17,19,21-29,31,33-35,37,39-51H2,1-2H3/b8-6-,14-12-,20-18-,32-30-,38-36-. The van der Waals surface area contributed by atoms with Crippen LogP contribution in [-0.2, 0) is 14.3 Å². The van der Waals surface area contributed by atoms with Crippen LogP contribution in [-0.4, -0.2) is 37.0 Å². The predicted molar refractivity (Wildman–Crippen MR) is 251 cm³/mol. The summed E-state index contributed by atoms with van der Waals surface area (Å²) in [6.45, 7) is 5.23. The van der Waals surface area contributed by atoms with Crippen molar-refractivity contribution in [3.63, 3.8) is 0 Å². The molecule has 0 aromatic heterocycles. The largest absolute Gasteiger partial charge is 0.457 e. The van der Waals surface area contributed by atoms with E-state index in [9.17, 15) is 9.90 Å². The molecular formula is C53H96O4. The number of hydrogen-bond acceptors (Lipinski definition) is 4. The molecule has 0 heterocycles. The van der Waals surface area contributed by atoms with Crippen molar-refractivity contribution in [2.24, 2.45) is 0 Å². The Labute approximate surface area is 355 Å². The topological polar surface area (TPSA) is 55.8 Å². The van der Waals surface area contributed by atoms with Gasteiger partial charge in [-0.05, 0) is 57.8 Å². The number of hydrogen-bond donors (Lipinski definition) is 1. The first-order valence-corrected chi connectivity index (χ1v) is 24.9. The Morgan fingerprint density at radius 1 is 0.439 bits per heavy atom. The Morgan fingerprint density at radius 2 is 0.789 bits per heavy atom. The molecule has 1 unspecified atom stereocenters. The van der Waals surface area contributed by atoms with E-state index in [1.165, 1.54) is 161 Å². The van der Waals surface area contributed by atoms with E-state index in [1.807, 2.05) is 0 Å². The third-order valence-corrected chi connectivity index (χ3v) is 10.9. The van der Waals surface area contributed by atoms with Gasteiger partial charge in [-0.2, -0.15) is 0 Å². The van der Waals surface area contributed by atoms with E-state index >= 15 is 0 Å². The Kier molecular flexibility index (Phi) is 48.6. The van der Waals surface area contributed by atoms with Gasteiger partial charge in [0.25, 0.3) is 0 Å². The van der Waals surface area contributed by atoms with Gasteiger partial charge in [0.2, 0.25) is 0 Å². The number of rotatable bonds is 46. The fourth-order valence-electron chi connectivity index (χ4n) is 7.18. The molecule has 57 heavy (non-hydrogen) atoms. The second-order valence-electron chi connectivity index (χ2n) is 16.5. The Balaban J connectivity index is 3.42. The van der Waals surface area contributed by atoms with Gasteiger partial charge in [-0.3, -0.25) is 4.79 Å². The van der Waals surface area contributed by atoms with Crippen molar-refractivity contribution in [2.45, 2.75) is 251 Å². The quantitative estimate of drug-likeness (QED) is 0.0379. The van der Waals surface area contributed by atoms with Crippen LogP contribution in [0.15, 0.2) is 60.8 Å². The molecule has 0 aromatic rings. The Hall–Kier alpha value is -1.91. The number of aliphatic hydroxyl groups excluding tert-OH is 1. The molecular weight excluding hydrogens is 701 g/mol. The highest BCUT2D eigenvalue weighted by atomic mass is 16.6. The number of unbranched alkanes of at least 4 members (excludes halogenated alkanes) is 28. The number of allylic oxidation sites excluding steroid dienone is 10. The lowest BCUT2D eigenvalue weighted by molar-refractivity contribution is -0.154. The summed E-state index contributed by atoms with van der Waals surface area (Å²) >= 11 is 0. The molecule has 0 amide bonds. The molecule has 0 aliphatic rings. The minimum atomic E-state index is -0.553. The monoisotopic (exact) mass is 797 g/mol. The minimum Gasteiger partial charge on any atom is -0.457 e. The lowest BCUT2D eigenvalue weighted by Crippen LogP contribution is -2.27. The minimum absolute atomic E-state index is 0.185. The first kappa shape index (κ1) is 55.1. The van der Waals surface area contributed by atoms with Gasteiger partial charge in [0.15, 0.2) is 0 Å². The molecule has 0 aromatic carbocycles. The van der Waals surface area contributed by atoms with Crippen molar-refractivity contribution in [3.05, 3.63) is 60.8 Å². The summed E-state index contributed by atoms with van der Waals surface area (Å²) in [6.07, 6.45) is 67.5. The van der Waals surface area contributed by atoms with Gasteiger partial charge in [-0.15, -0.1) is 0 Å². The molecule has 0 aliphatic carbocycles. The lowest BCUT2D eigenvalue weighted by atomic mass is 10.0. The normalized spacial score (nSPS) is 12.8. The highest BCUT2D eigenvalue weighted by Gasteiger charge is 2.13. The molecule has 0 radical (unpaired) electrons. The van der Waals surface area contributed by atoms with Gasteiger partial charge in [0.1, 0.15) is 6.10 Å². The van der Waals surface area contributed by atoms with Gasteiger partial charge in [0, 0.05) is 13.0 Å². The van der Waals surface area contributed by atoms with Crippen LogP contribution in [0.2, 0.25) is 0 Å². The van der Waals surface area contributed by atoms with Crippen molar-refractivity contribution in [1.29, 1.82) is 0 Å². The summed E-state index contributed by atoms with van der Waals surface area (Å²) in [7, 11) is 0. The van der Waals surface area contributed by atoms with Crippen molar-refractivity contribution in [1.82, 2.24) is 0 Å². The zero-order valence-corrected chi connectivity index (χ0v) is 38.1. The predicted octanol–water partition coefficient (Wildman–Crippen LogP) is 16.8. The third kappa shape index (κ3) is 48.4. The van der Waals surface area contributed by atoms with Crippen LogP contribution in [0, 0.1) is 0 Å². The smallest absolute Gasteiger partial charge is 0.306 e. The van der Waals surface area contributed by atoms with E-state index < -0.39 is 6.10 Å². The van der Waals surface area contributed by atoms with Crippen molar-refractivity contribution in [2.75, 3.05) is 19.8 Å². The van der Waals surface area contributed by atoms with Crippen LogP contribution in [0.5, 0.6) is 0 Å². The Bertz CT molecular complexity index is 931. The molecule has 0 fully saturated rings. The van der Waals surface area contributed by atoms with E-state index in [-0.39, 0.29) is 19.2 Å². The number of carbonyl (C=O) groups excluding carboxylic acids is 1. The molecule has 0 bridgehead atoms. The molecule has 4 heteroatoms. The van der Waals surface area contributed by atoms with E-state index in [1.54, 1.807) is 0 Å². The maximum atomic E-state index is 12.2. The van der Waals surface area contributed by atoms with Crippen LogP contribution in [0.3, 0.4) is 0 Å². The molecule has 1 atom stereocenters. The fraction of sp³-hybridized carbons (Fsp3) is 0.792. The van der Waals surface area contributed by atoms with Crippen LogP contribution in [0.4, 0.5) is 0 Å². The Morgan fingerprint density at radius 3 is 1.18 bits per heavy atom. The third-order valence-electron chi connectivity index (χ3n) is 10.9. The van der Waals surface area contributed by atoms with Gasteiger partial charge in [-0.1, -0.05) is 242 Å². The molecule has 4 nitrogen and oxygen atoms in total. The van der Waals surface area contributed by atoms with Crippen LogP contribution in [0.25, 0.3) is 0 Å². The van der Waals surface area contributed by atoms with Gasteiger partial charge in [0.05, 0.1) is 13.2 Å². The average molecular weight is 797 g/mol. The first-order valence-electron chi connectivity index (χ1n) is 24.9. The summed E-state index contributed by atoms with van der Waals surface area (Å²) < 4.78 is 11.2. The lowest BCUT2D eigenvalue weighted by Gasteiger charge is -2.15. The van der Waals surface area contributed by atoms with Crippen LogP contribution in [0.1, 0.15) is 245 Å². The molecule has 0 aliphatic heterocycles. The zero-order chi connectivity index (χ0) is 41.2. The second kappa shape index (κ2) is 50.2. The average Bonchev–Trinajstić information content (AvgIpc) is 3.22. The number of carbonyl (C=O) groups is 1. The molecule has 0 saturated heterocycles. The number of aliphatic hydroxyl groups is 1. The van der Waals surface area contributed by atoms with Crippen LogP contribution < -0.4 is 0 Å². The van der Waals surface area contributed by atoms with Crippen molar-refractivity contribution >= 4 is 5.97 Å². The maximum absolute atomic E-state index is 12.2. The van der Waals surface area contributed by atoms with Crippen LogP contribution >= 0.6 is 0 Å². The van der Waals surface area contributed by atoms with E-state index in [2.05, 4.69) is 74.6 Å². The summed E-state index contributed by atoms with van der Waals surface area (Å²) in [4.78, 5) is 12.2. The molecule has 1 N–H and O–H groups in total. The van der Waals surface area contributed by atoms with E-state index in [0.717, 1.165) is 64.2 Å². The second-order valence-corrected chi connectivity index (χ2v) is 16.5. The molecule has 332 valence electrons. The number of ether oxygens (including phenoxy) is 2. The van der Waals surface area contributed by atoms with Gasteiger partial charge in [-0.25, -0.2) is 0 Å². The van der Waals surface area contributed by atoms with Crippen molar-refractivity contribution < 1.29 is 19.4 Å².